The highest BCUT2D eigenvalue weighted by Crippen LogP contribution is 2.32. The fraction of sp³-hybridized carbons (Fsp3) is 0.684. The molecule has 1 aromatic rings. The summed E-state index contributed by atoms with van der Waals surface area (Å²) < 4.78 is 6.05. The number of rotatable bonds is 7. The maximum absolute atomic E-state index is 10.3. The predicted molar refractivity (Wildman–Crippen MR) is 94.0 cm³/mol. The van der Waals surface area contributed by atoms with Crippen LogP contribution in [-0.4, -0.2) is 78.6 Å². The second-order valence-electron chi connectivity index (χ2n) is 6.93. The summed E-state index contributed by atoms with van der Waals surface area (Å²) in [5.74, 6) is 0. The summed E-state index contributed by atoms with van der Waals surface area (Å²) in [6.07, 6.45) is 3.03. The van der Waals surface area contributed by atoms with Crippen LogP contribution >= 0.6 is 0 Å². The highest BCUT2D eigenvalue weighted by molar-refractivity contribution is 5.31. The van der Waals surface area contributed by atoms with Crippen LogP contribution in [0, 0.1) is 0 Å². The van der Waals surface area contributed by atoms with E-state index in [0.717, 1.165) is 52.0 Å². The molecule has 24 heavy (non-hydrogen) atoms. The zero-order chi connectivity index (χ0) is 16.8. The van der Waals surface area contributed by atoms with Crippen molar-refractivity contribution in [3.63, 3.8) is 0 Å². The van der Waals surface area contributed by atoms with Crippen molar-refractivity contribution >= 4 is 0 Å². The summed E-state index contributed by atoms with van der Waals surface area (Å²) in [5.41, 5.74) is 2.69. The van der Waals surface area contributed by atoms with E-state index in [4.69, 9.17) is 9.84 Å². The van der Waals surface area contributed by atoms with Gasteiger partial charge in [-0.3, -0.25) is 9.80 Å². The molecular weight excluding hydrogens is 304 g/mol. The topological polar surface area (TPSA) is 56.2 Å². The van der Waals surface area contributed by atoms with Crippen molar-refractivity contribution in [2.45, 2.75) is 31.5 Å². The SMILES string of the molecule is OCCN1CCN(C[C@@H](O)CO[C@@H]2CCCc3ccccc32)CC1. The fourth-order valence-electron chi connectivity index (χ4n) is 3.80. The van der Waals surface area contributed by atoms with Crippen LogP contribution in [0.2, 0.25) is 0 Å². The first-order valence-corrected chi connectivity index (χ1v) is 9.19. The van der Waals surface area contributed by atoms with Crippen LogP contribution in [0.25, 0.3) is 0 Å². The predicted octanol–water partition coefficient (Wildman–Crippen LogP) is 1.05. The van der Waals surface area contributed by atoms with E-state index in [2.05, 4.69) is 34.1 Å². The van der Waals surface area contributed by atoms with Gasteiger partial charge in [0, 0.05) is 39.3 Å². The Morgan fingerprint density at radius 2 is 1.88 bits per heavy atom. The van der Waals surface area contributed by atoms with E-state index in [0.29, 0.717) is 13.2 Å². The molecule has 1 aliphatic carbocycles. The van der Waals surface area contributed by atoms with E-state index in [1.165, 1.54) is 11.1 Å². The molecule has 1 aromatic carbocycles. The number of hydrogen-bond donors (Lipinski definition) is 2. The van der Waals surface area contributed by atoms with Gasteiger partial charge in [-0.15, -0.1) is 0 Å². The Morgan fingerprint density at radius 3 is 2.67 bits per heavy atom. The van der Waals surface area contributed by atoms with E-state index in [9.17, 15) is 5.11 Å². The Kier molecular flexibility index (Phi) is 6.63. The maximum Gasteiger partial charge on any atom is 0.0900 e. The van der Waals surface area contributed by atoms with Crippen LogP contribution in [0.4, 0.5) is 0 Å². The van der Waals surface area contributed by atoms with Gasteiger partial charge in [0.2, 0.25) is 0 Å². The van der Waals surface area contributed by atoms with Crippen LogP contribution in [-0.2, 0) is 11.2 Å². The van der Waals surface area contributed by atoms with Gasteiger partial charge in [0.05, 0.1) is 25.4 Å². The molecule has 1 fully saturated rings. The molecule has 1 aliphatic heterocycles. The first-order chi connectivity index (χ1) is 11.8. The third kappa shape index (κ3) is 4.77. The van der Waals surface area contributed by atoms with Crippen molar-refractivity contribution in [2.24, 2.45) is 0 Å². The molecule has 134 valence electrons. The third-order valence-electron chi connectivity index (χ3n) is 5.15. The zero-order valence-electron chi connectivity index (χ0n) is 14.4. The Hall–Kier alpha value is -0.980. The Morgan fingerprint density at radius 1 is 1.12 bits per heavy atom. The molecule has 1 heterocycles. The van der Waals surface area contributed by atoms with Gasteiger partial charge >= 0.3 is 0 Å². The van der Waals surface area contributed by atoms with Crippen molar-refractivity contribution in [3.8, 4) is 0 Å². The van der Waals surface area contributed by atoms with Gasteiger partial charge in [-0.05, 0) is 30.4 Å². The lowest BCUT2D eigenvalue weighted by Crippen LogP contribution is -2.49. The highest BCUT2D eigenvalue weighted by Gasteiger charge is 2.23. The lowest BCUT2D eigenvalue weighted by atomic mass is 9.89. The molecule has 0 radical (unpaired) electrons. The lowest BCUT2D eigenvalue weighted by Gasteiger charge is -2.35. The van der Waals surface area contributed by atoms with Crippen molar-refractivity contribution in [1.82, 2.24) is 9.80 Å². The van der Waals surface area contributed by atoms with E-state index in [-0.39, 0.29) is 12.7 Å². The minimum absolute atomic E-state index is 0.131. The average Bonchev–Trinajstić information content (AvgIpc) is 2.62. The molecule has 0 aromatic heterocycles. The minimum Gasteiger partial charge on any atom is -0.395 e. The average molecular weight is 334 g/mol. The highest BCUT2D eigenvalue weighted by atomic mass is 16.5. The van der Waals surface area contributed by atoms with Crippen molar-refractivity contribution in [3.05, 3.63) is 35.4 Å². The van der Waals surface area contributed by atoms with Crippen molar-refractivity contribution in [2.75, 3.05) is 52.5 Å². The second kappa shape index (κ2) is 8.92. The number of aryl methyl sites for hydroxylation is 1. The number of nitrogens with zero attached hydrogens (tertiary/aromatic N) is 2. The molecular formula is C19H30N2O3. The monoisotopic (exact) mass is 334 g/mol. The Bertz CT molecular complexity index is 503. The summed E-state index contributed by atoms with van der Waals surface area (Å²) in [6.45, 7) is 5.86. The van der Waals surface area contributed by atoms with Gasteiger partial charge in [0.1, 0.15) is 0 Å². The summed E-state index contributed by atoms with van der Waals surface area (Å²) >= 11 is 0. The second-order valence-corrected chi connectivity index (χ2v) is 6.93. The quantitative estimate of drug-likeness (QED) is 0.781. The van der Waals surface area contributed by atoms with E-state index in [1.54, 1.807) is 0 Å². The smallest absolute Gasteiger partial charge is 0.0900 e. The largest absolute Gasteiger partial charge is 0.395 e. The summed E-state index contributed by atoms with van der Waals surface area (Å²) in [7, 11) is 0. The van der Waals surface area contributed by atoms with E-state index in [1.807, 2.05) is 0 Å². The molecule has 2 atom stereocenters. The third-order valence-corrected chi connectivity index (χ3v) is 5.15. The normalized spacial score (nSPS) is 23.8. The first kappa shape index (κ1) is 17.8. The number of aliphatic hydroxyl groups is 2. The molecule has 2 aliphatic rings. The minimum atomic E-state index is -0.441. The van der Waals surface area contributed by atoms with Crippen molar-refractivity contribution < 1.29 is 14.9 Å². The van der Waals surface area contributed by atoms with E-state index < -0.39 is 6.10 Å². The molecule has 1 saturated heterocycles. The number of β-amino-alcohol motifs (C(OH)–C–C–N with tert-alkyl or cyclic N) is 2. The van der Waals surface area contributed by atoms with Crippen LogP contribution in [0.3, 0.4) is 0 Å². The van der Waals surface area contributed by atoms with Gasteiger partial charge in [0.15, 0.2) is 0 Å². The van der Waals surface area contributed by atoms with Gasteiger partial charge in [-0.2, -0.15) is 0 Å². The van der Waals surface area contributed by atoms with Crippen LogP contribution in [0.5, 0.6) is 0 Å². The Balaban J connectivity index is 1.41. The molecule has 0 amide bonds. The molecule has 3 rings (SSSR count). The molecule has 2 N–H and O–H groups in total. The van der Waals surface area contributed by atoms with Gasteiger partial charge in [0.25, 0.3) is 0 Å². The van der Waals surface area contributed by atoms with Gasteiger partial charge in [-0.1, -0.05) is 24.3 Å². The Labute approximate surface area is 144 Å². The molecule has 0 unspecified atom stereocenters. The maximum atomic E-state index is 10.3. The summed E-state index contributed by atoms with van der Waals surface area (Å²) in [4.78, 5) is 4.55. The molecule has 5 nitrogen and oxygen atoms in total. The fourth-order valence-corrected chi connectivity index (χ4v) is 3.80. The number of benzene rings is 1. The summed E-state index contributed by atoms with van der Waals surface area (Å²) in [5, 5.41) is 19.3. The number of hydrogen-bond acceptors (Lipinski definition) is 5. The van der Waals surface area contributed by atoms with Gasteiger partial charge in [-0.25, -0.2) is 0 Å². The van der Waals surface area contributed by atoms with Crippen LogP contribution in [0.15, 0.2) is 24.3 Å². The molecule has 5 heteroatoms. The standard InChI is InChI=1S/C19H30N2O3/c22-13-12-20-8-10-21(11-9-20)14-17(23)15-24-19-7-3-5-16-4-1-2-6-18(16)19/h1-2,4,6,17,19,22-23H,3,5,7-15H2/t17-,19-/m1/s1. The van der Waals surface area contributed by atoms with Crippen LogP contribution in [0.1, 0.15) is 30.1 Å². The number of aliphatic hydroxyl groups excluding tert-OH is 2. The first-order valence-electron chi connectivity index (χ1n) is 9.19. The van der Waals surface area contributed by atoms with Crippen molar-refractivity contribution in [1.29, 1.82) is 0 Å². The van der Waals surface area contributed by atoms with Crippen LogP contribution < -0.4 is 0 Å². The molecule has 0 spiro atoms. The van der Waals surface area contributed by atoms with E-state index >= 15 is 0 Å². The number of piperazine rings is 1. The lowest BCUT2D eigenvalue weighted by molar-refractivity contribution is -0.0325. The molecule has 0 bridgehead atoms. The summed E-state index contributed by atoms with van der Waals surface area (Å²) in [6, 6.07) is 8.51. The zero-order valence-corrected chi connectivity index (χ0v) is 14.4. The number of ether oxygens (including phenoxy) is 1. The number of fused-ring (bicyclic) bond motifs is 1. The molecule has 0 saturated carbocycles. The van der Waals surface area contributed by atoms with Gasteiger partial charge < -0.3 is 14.9 Å².